The number of para-hydroxylation sites is 3. The summed E-state index contributed by atoms with van der Waals surface area (Å²) < 4.78 is 4.76. The number of benzene rings is 7. The Morgan fingerprint density at radius 3 is 1.41 bits per heavy atom. The molecule has 4 heteroatoms. The van der Waals surface area contributed by atoms with Gasteiger partial charge in [-0.15, -0.1) is 0 Å². The van der Waals surface area contributed by atoms with Crippen LogP contribution in [0.25, 0.3) is 88.9 Å². The quantitative estimate of drug-likeness (QED) is 0.185. The van der Waals surface area contributed by atoms with Crippen LogP contribution >= 0.6 is 0 Å². The lowest BCUT2D eigenvalue weighted by Gasteiger charge is -2.12. The Kier molecular flexibility index (Phi) is 6.68. The smallest absolute Gasteiger partial charge is 0.160 e. The van der Waals surface area contributed by atoms with Crippen LogP contribution in [-0.4, -0.2) is 19.1 Å². The van der Waals surface area contributed by atoms with Crippen molar-refractivity contribution in [3.8, 4) is 45.3 Å². The van der Waals surface area contributed by atoms with Crippen molar-refractivity contribution in [3.05, 3.63) is 181 Å². The van der Waals surface area contributed by atoms with E-state index in [9.17, 15) is 0 Å². The van der Waals surface area contributed by atoms with Crippen molar-refractivity contribution in [2.45, 2.75) is 6.92 Å². The monoisotopic (exact) mass is 652 g/mol. The lowest BCUT2D eigenvalue weighted by atomic mass is 10.1. The van der Waals surface area contributed by atoms with E-state index in [1.165, 1.54) is 49.2 Å². The van der Waals surface area contributed by atoms with E-state index in [4.69, 9.17) is 9.97 Å². The summed E-state index contributed by atoms with van der Waals surface area (Å²) in [5, 5.41) is 4.98. The van der Waals surface area contributed by atoms with Crippen molar-refractivity contribution in [2.24, 2.45) is 0 Å². The fraction of sp³-hybridized carbons (Fsp3) is 0.0213. The van der Waals surface area contributed by atoms with Crippen LogP contribution in [0.3, 0.4) is 0 Å². The summed E-state index contributed by atoms with van der Waals surface area (Å²) in [6, 6.07) is 62.6. The maximum absolute atomic E-state index is 5.08. The van der Waals surface area contributed by atoms with E-state index in [0.717, 1.165) is 45.3 Å². The fourth-order valence-corrected chi connectivity index (χ4v) is 7.54. The first-order chi connectivity index (χ1) is 25.2. The molecule has 7 aromatic carbocycles. The standard InChI is InChI=1S/C47H32N4/c1-31-19-21-34(22-20-31)47-48-41(32-11-3-2-4-12-32)30-42(49-47)33-23-25-35(26-24-33)50-45-18-10-7-15-39(45)40-29-36(27-28-46(40)50)51-43-16-8-5-13-37(43)38-14-6-9-17-44(38)51/h2-30H,1H3. The molecular weight excluding hydrogens is 621 g/mol. The Labute approximate surface area is 295 Å². The minimum Gasteiger partial charge on any atom is -0.309 e. The van der Waals surface area contributed by atoms with E-state index >= 15 is 0 Å². The topological polar surface area (TPSA) is 35.6 Å². The van der Waals surface area contributed by atoms with Crippen LogP contribution in [0.2, 0.25) is 0 Å². The molecule has 0 fully saturated rings. The van der Waals surface area contributed by atoms with Crippen molar-refractivity contribution in [1.82, 2.24) is 19.1 Å². The predicted molar refractivity (Wildman–Crippen MR) is 212 cm³/mol. The van der Waals surface area contributed by atoms with Crippen molar-refractivity contribution in [2.75, 3.05) is 0 Å². The van der Waals surface area contributed by atoms with Crippen LogP contribution < -0.4 is 0 Å². The highest BCUT2D eigenvalue weighted by atomic mass is 15.0. The summed E-state index contributed by atoms with van der Waals surface area (Å²) in [6.45, 7) is 2.10. The van der Waals surface area contributed by atoms with Gasteiger partial charge >= 0.3 is 0 Å². The first-order valence-electron chi connectivity index (χ1n) is 17.3. The third-order valence-electron chi connectivity index (χ3n) is 10.0. The van der Waals surface area contributed by atoms with Crippen LogP contribution in [-0.2, 0) is 0 Å². The Bertz CT molecular complexity index is 2840. The highest BCUT2D eigenvalue weighted by Gasteiger charge is 2.17. The van der Waals surface area contributed by atoms with Gasteiger partial charge in [0.2, 0.25) is 0 Å². The number of rotatable bonds is 5. The van der Waals surface area contributed by atoms with Crippen LogP contribution in [0.15, 0.2) is 176 Å². The van der Waals surface area contributed by atoms with Gasteiger partial charge in [-0.3, -0.25) is 0 Å². The molecule has 10 aromatic rings. The van der Waals surface area contributed by atoms with Crippen molar-refractivity contribution < 1.29 is 0 Å². The van der Waals surface area contributed by atoms with E-state index in [1.807, 2.05) is 6.07 Å². The first-order valence-corrected chi connectivity index (χ1v) is 17.3. The van der Waals surface area contributed by atoms with Crippen molar-refractivity contribution in [1.29, 1.82) is 0 Å². The SMILES string of the molecule is Cc1ccc(-c2nc(-c3ccccc3)cc(-c3ccc(-n4c5ccccc5c5cc(-n6c7ccccc7c7ccccc76)ccc54)cc3)n2)cc1. The zero-order valence-corrected chi connectivity index (χ0v) is 28.0. The van der Waals surface area contributed by atoms with Gasteiger partial charge in [0.25, 0.3) is 0 Å². The average molecular weight is 653 g/mol. The molecule has 0 aliphatic carbocycles. The zero-order valence-electron chi connectivity index (χ0n) is 28.0. The maximum Gasteiger partial charge on any atom is 0.160 e. The van der Waals surface area contributed by atoms with E-state index in [-0.39, 0.29) is 0 Å². The van der Waals surface area contributed by atoms with Gasteiger partial charge in [-0.05, 0) is 61.5 Å². The van der Waals surface area contributed by atoms with E-state index in [2.05, 4.69) is 186 Å². The molecule has 0 N–H and O–H groups in total. The second-order valence-electron chi connectivity index (χ2n) is 13.2. The highest BCUT2D eigenvalue weighted by molar-refractivity contribution is 6.12. The van der Waals surface area contributed by atoms with Gasteiger partial charge in [0, 0.05) is 49.6 Å². The second-order valence-corrected chi connectivity index (χ2v) is 13.2. The Morgan fingerprint density at radius 1 is 0.353 bits per heavy atom. The van der Waals surface area contributed by atoms with Crippen LogP contribution in [0, 0.1) is 6.92 Å². The molecule has 240 valence electrons. The van der Waals surface area contributed by atoms with Crippen LogP contribution in [0.5, 0.6) is 0 Å². The highest BCUT2D eigenvalue weighted by Crippen LogP contribution is 2.37. The molecular formula is C47H32N4. The molecule has 0 bridgehead atoms. The summed E-state index contributed by atoms with van der Waals surface area (Å²) in [6.07, 6.45) is 0. The maximum atomic E-state index is 5.08. The lowest BCUT2D eigenvalue weighted by Crippen LogP contribution is -1.97. The normalized spacial score (nSPS) is 11.6. The van der Waals surface area contributed by atoms with Crippen molar-refractivity contribution in [3.63, 3.8) is 0 Å². The summed E-state index contributed by atoms with van der Waals surface area (Å²) in [5.74, 6) is 0.719. The third-order valence-corrected chi connectivity index (χ3v) is 10.0. The minimum absolute atomic E-state index is 0.719. The lowest BCUT2D eigenvalue weighted by molar-refractivity contribution is 1.16. The Morgan fingerprint density at radius 2 is 0.804 bits per heavy atom. The molecule has 0 saturated heterocycles. The molecule has 0 aliphatic rings. The fourth-order valence-electron chi connectivity index (χ4n) is 7.54. The number of aryl methyl sites for hydroxylation is 1. The van der Waals surface area contributed by atoms with E-state index in [0.29, 0.717) is 0 Å². The largest absolute Gasteiger partial charge is 0.309 e. The number of hydrogen-bond donors (Lipinski definition) is 0. The predicted octanol–water partition coefficient (Wildman–Crippen LogP) is 12.0. The number of aromatic nitrogens is 4. The molecule has 0 spiro atoms. The number of hydrogen-bond acceptors (Lipinski definition) is 2. The molecule has 0 radical (unpaired) electrons. The number of fused-ring (bicyclic) bond motifs is 6. The molecule has 0 saturated carbocycles. The molecule has 3 aromatic heterocycles. The van der Waals surface area contributed by atoms with Gasteiger partial charge in [-0.2, -0.15) is 0 Å². The van der Waals surface area contributed by atoms with Gasteiger partial charge in [0.05, 0.1) is 33.5 Å². The molecule has 0 amide bonds. The average Bonchev–Trinajstić information content (AvgIpc) is 3.71. The number of nitrogens with zero attached hydrogens (tertiary/aromatic N) is 4. The minimum atomic E-state index is 0.719. The van der Waals surface area contributed by atoms with Crippen LogP contribution in [0.1, 0.15) is 5.56 Å². The van der Waals surface area contributed by atoms with Gasteiger partial charge < -0.3 is 9.13 Å². The van der Waals surface area contributed by atoms with Crippen LogP contribution in [0.4, 0.5) is 0 Å². The summed E-state index contributed by atoms with van der Waals surface area (Å²) in [7, 11) is 0. The third kappa shape index (κ3) is 4.84. The zero-order chi connectivity index (χ0) is 33.9. The molecule has 0 aliphatic heterocycles. The van der Waals surface area contributed by atoms with Gasteiger partial charge in [-0.25, -0.2) is 9.97 Å². The molecule has 51 heavy (non-hydrogen) atoms. The van der Waals surface area contributed by atoms with E-state index in [1.54, 1.807) is 0 Å². The molecule has 0 atom stereocenters. The molecule has 3 heterocycles. The summed E-state index contributed by atoms with van der Waals surface area (Å²) >= 11 is 0. The molecule has 4 nitrogen and oxygen atoms in total. The van der Waals surface area contributed by atoms with Gasteiger partial charge in [0.15, 0.2) is 5.82 Å². The van der Waals surface area contributed by atoms with Gasteiger partial charge in [0.1, 0.15) is 0 Å². The summed E-state index contributed by atoms with van der Waals surface area (Å²) in [4.78, 5) is 10.1. The Hall–Kier alpha value is -6.78. The van der Waals surface area contributed by atoms with Gasteiger partial charge in [-0.1, -0.05) is 127 Å². The summed E-state index contributed by atoms with van der Waals surface area (Å²) in [5.41, 5.74) is 13.1. The van der Waals surface area contributed by atoms with E-state index < -0.39 is 0 Å². The second kappa shape index (κ2) is 11.7. The Balaban J connectivity index is 1.10. The first kappa shape index (κ1) is 29.2. The molecule has 10 rings (SSSR count). The molecule has 0 unspecified atom stereocenters. The van der Waals surface area contributed by atoms with Crippen molar-refractivity contribution >= 4 is 43.6 Å².